The van der Waals surface area contributed by atoms with E-state index in [4.69, 9.17) is 4.98 Å². The Labute approximate surface area is 124 Å². The van der Waals surface area contributed by atoms with Gasteiger partial charge in [0.2, 0.25) is 5.95 Å². The van der Waals surface area contributed by atoms with E-state index in [1.165, 1.54) is 19.3 Å². The van der Waals surface area contributed by atoms with Crippen molar-refractivity contribution in [3.05, 3.63) is 22.6 Å². The highest BCUT2D eigenvalue weighted by Gasteiger charge is 2.20. The van der Waals surface area contributed by atoms with Gasteiger partial charge < -0.3 is 9.47 Å². The van der Waals surface area contributed by atoms with Crippen LogP contribution in [0.25, 0.3) is 11.0 Å². The molecule has 0 atom stereocenters. The SMILES string of the molecule is CC#CCn1c(N2CCCCC2)nc2ccn(C)c(=O)c21. The summed E-state index contributed by atoms with van der Waals surface area (Å²) >= 11 is 0. The second-order valence-corrected chi connectivity index (χ2v) is 5.44. The van der Waals surface area contributed by atoms with Crippen molar-refractivity contribution in [1.82, 2.24) is 14.1 Å². The molecule has 1 aliphatic rings. The topological polar surface area (TPSA) is 43.1 Å². The van der Waals surface area contributed by atoms with Gasteiger partial charge in [-0.25, -0.2) is 4.98 Å². The molecule has 3 rings (SSSR count). The summed E-state index contributed by atoms with van der Waals surface area (Å²) in [5, 5.41) is 0. The molecule has 1 fully saturated rings. The fourth-order valence-electron chi connectivity index (χ4n) is 2.86. The first-order valence-corrected chi connectivity index (χ1v) is 7.43. The third-order valence-corrected chi connectivity index (χ3v) is 4.01. The smallest absolute Gasteiger partial charge is 0.276 e. The molecule has 21 heavy (non-hydrogen) atoms. The average Bonchev–Trinajstić information content (AvgIpc) is 2.89. The number of anilines is 1. The van der Waals surface area contributed by atoms with Gasteiger partial charge in [-0.05, 0) is 32.3 Å². The molecule has 0 saturated carbocycles. The van der Waals surface area contributed by atoms with Gasteiger partial charge in [-0.15, -0.1) is 5.92 Å². The van der Waals surface area contributed by atoms with E-state index in [1.807, 2.05) is 17.6 Å². The van der Waals surface area contributed by atoms with Crippen LogP contribution in [0.3, 0.4) is 0 Å². The Balaban J connectivity index is 2.19. The van der Waals surface area contributed by atoms with E-state index >= 15 is 0 Å². The molecule has 0 radical (unpaired) electrons. The predicted octanol–water partition coefficient (Wildman–Crippen LogP) is 1.75. The second kappa shape index (κ2) is 5.65. The lowest BCUT2D eigenvalue weighted by Gasteiger charge is -2.27. The van der Waals surface area contributed by atoms with Gasteiger partial charge >= 0.3 is 0 Å². The largest absolute Gasteiger partial charge is 0.342 e. The lowest BCUT2D eigenvalue weighted by Crippen LogP contribution is -2.32. The second-order valence-electron chi connectivity index (χ2n) is 5.44. The minimum absolute atomic E-state index is 0.0128. The van der Waals surface area contributed by atoms with Crippen molar-refractivity contribution in [2.75, 3.05) is 18.0 Å². The number of pyridine rings is 1. The molecule has 1 aliphatic heterocycles. The molecule has 0 spiro atoms. The molecule has 0 N–H and O–H groups in total. The average molecular weight is 284 g/mol. The van der Waals surface area contributed by atoms with Crippen molar-refractivity contribution < 1.29 is 0 Å². The number of imidazole rings is 1. The first-order chi connectivity index (χ1) is 10.2. The normalized spacial score (nSPS) is 15.0. The Kier molecular flexibility index (Phi) is 3.70. The Morgan fingerprint density at radius 3 is 2.76 bits per heavy atom. The Morgan fingerprint density at radius 2 is 2.05 bits per heavy atom. The number of hydrogen-bond acceptors (Lipinski definition) is 3. The van der Waals surface area contributed by atoms with Crippen LogP contribution in [0.15, 0.2) is 17.1 Å². The highest BCUT2D eigenvalue weighted by atomic mass is 16.1. The zero-order valence-electron chi connectivity index (χ0n) is 12.6. The maximum Gasteiger partial charge on any atom is 0.276 e. The third kappa shape index (κ3) is 2.42. The fraction of sp³-hybridized carbons (Fsp3) is 0.500. The zero-order chi connectivity index (χ0) is 14.8. The highest BCUT2D eigenvalue weighted by molar-refractivity contribution is 5.78. The van der Waals surface area contributed by atoms with Crippen LogP contribution in [0, 0.1) is 11.8 Å². The molecule has 3 heterocycles. The zero-order valence-corrected chi connectivity index (χ0v) is 12.6. The summed E-state index contributed by atoms with van der Waals surface area (Å²) in [7, 11) is 1.77. The maximum atomic E-state index is 12.4. The Morgan fingerprint density at radius 1 is 1.29 bits per heavy atom. The lowest BCUT2D eigenvalue weighted by molar-refractivity contribution is 0.561. The molecule has 2 aromatic rings. The molecule has 110 valence electrons. The Bertz CT molecular complexity index is 769. The standard InChI is InChI=1S/C16H20N4O/c1-3-4-11-20-14-13(8-12-18(2)15(14)21)17-16(20)19-9-6-5-7-10-19/h8,12H,5-7,9-11H2,1-2H3. The van der Waals surface area contributed by atoms with Crippen molar-refractivity contribution in [2.24, 2.45) is 7.05 Å². The number of aromatic nitrogens is 3. The van der Waals surface area contributed by atoms with E-state index in [9.17, 15) is 4.79 Å². The summed E-state index contributed by atoms with van der Waals surface area (Å²) in [4.78, 5) is 19.4. The molecule has 5 heteroatoms. The van der Waals surface area contributed by atoms with Crippen molar-refractivity contribution in [1.29, 1.82) is 0 Å². The number of rotatable bonds is 2. The van der Waals surface area contributed by atoms with E-state index in [2.05, 4.69) is 16.7 Å². The number of aryl methyl sites for hydroxylation is 1. The molecular weight excluding hydrogens is 264 g/mol. The molecule has 0 aromatic carbocycles. The lowest BCUT2D eigenvalue weighted by atomic mass is 10.1. The minimum atomic E-state index is -0.0128. The van der Waals surface area contributed by atoms with Gasteiger partial charge in [0.25, 0.3) is 5.56 Å². The number of piperidine rings is 1. The maximum absolute atomic E-state index is 12.4. The molecule has 0 aliphatic carbocycles. The van der Waals surface area contributed by atoms with E-state index in [-0.39, 0.29) is 5.56 Å². The van der Waals surface area contributed by atoms with Gasteiger partial charge in [-0.3, -0.25) is 9.36 Å². The quantitative estimate of drug-likeness (QED) is 0.789. The first-order valence-electron chi connectivity index (χ1n) is 7.43. The van der Waals surface area contributed by atoms with E-state index in [0.29, 0.717) is 12.1 Å². The van der Waals surface area contributed by atoms with Gasteiger partial charge in [0.1, 0.15) is 5.52 Å². The van der Waals surface area contributed by atoms with E-state index < -0.39 is 0 Å². The van der Waals surface area contributed by atoms with Crippen molar-refractivity contribution in [3.8, 4) is 11.8 Å². The molecule has 0 amide bonds. The molecule has 0 bridgehead atoms. The summed E-state index contributed by atoms with van der Waals surface area (Å²) in [6, 6.07) is 1.90. The van der Waals surface area contributed by atoms with Gasteiger partial charge in [0.05, 0.1) is 12.1 Å². The van der Waals surface area contributed by atoms with Crippen molar-refractivity contribution >= 4 is 17.0 Å². The van der Waals surface area contributed by atoms with E-state index in [1.54, 1.807) is 17.8 Å². The fourth-order valence-corrected chi connectivity index (χ4v) is 2.86. The molecule has 1 saturated heterocycles. The van der Waals surface area contributed by atoms with Crippen molar-refractivity contribution in [2.45, 2.75) is 32.7 Å². The number of nitrogens with zero attached hydrogens (tertiary/aromatic N) is 4. The van der Waals surface area contributed by atoms with Crippen LogP contribution < -0.4 is 10.5 Å². The monoisotopic (exact) mass is 284 g/mol. The van der Waals surface area contributed by atoms with Gasteiger partial charge in [-0.2, -0.15) is 0 Å². The van der Waals surface area contributed by atoms with Crippen LogP contribution in [-0.2, 0) is 13.6 Å². The van der Waals surface area contributed by atoms with Crippen LogP contribution in [0.5, 0.6) is 0 Å². The summed E-state index contributed by atoms with van der Waals surface area (Å²) in [5.41, 5.74) is 1.40. The van der Waals surface area contributed by atoms with Gasteiger partial charge in [0.15, 0.2) is 0 Å². The van der Waals surface area contributed by atoms with E-state index in [0.717, 1.165) is 24.6 Å². The molecule has 2 aromatic heterocycles. The van der Waals surface area contributed by atoms with Crippen LogP contribution in [-0.4, -0.2) is 27.2 Å². The third-order valence-electron chi connectivity index (χ3n) is 4.01. The van der Waals surface area contributed by atoms with Crippen LogP contribution in [0.4, 0.5) is 5.95 Å². The summed E-state index contributed by atoms with van der Waals surface area (Å²) in [6.07, 6.45) is 5.40. The van der Waals surface area contributed by atoms with Gasteiger partial charge in [-0.1, -0.05) is 5.92 Å². The van der Waals surface area contributed by atoms with Crippen molar-refractivity contribution in [3.63, 3.8) is 0 Å². The van der Waals surface area contributed by atoms with Gasteiger partial charge in [0, 0.05) is 26.3 Å². The minimum Gasteiger partial charge on any atom is -0.342 e. The van der Waals surface area contributed by atoms with Crippen LogP contribution >= 0.6 is 0 Å². The summed E-state index contributed by atoms with van der Waals surface area (Å²) < 4.78 is 3.57. The number of hydrogen-bond donors (Lipinski definition) is 0. The summed E-state index contributed by atoms with van der Waals surface area (Å²) in [5.74, 6) is 6.86. The summed E-state index contributed by atoms with van der Waals surface area (Å²) in [6.45, 7) is 4.34. The predicted molar refractivity (Wildman–Crippen MR) is 84.5 cm³/mol. The first kappa shape index (κ1) is 13.7. The highest BCUT2D eigenvalue weighted by Crippen LogP contribution is 2.23. The van der Waals surface area contributed by atoms with Crippen LogP contribution in [0.2, 0.25) is 0 Å². The number of fused-ring (bicyclic) bond motifs is 1. The molecule has 0 unspecified atom stereocenters. The molecular formula is C16H20N4O. The Hall–Kier alpha value is -2.22. The molecule has 5 nitrogen and oxygen atoms in total. The van der Waals surface area contributed by atoms with Crippen LogP contribution in [0.1, 0.15) is 26.2 Å².